The van der Waals surface area contributed by atoms with Gasteiger partial charge in [-0.15, -0.1) is 11.3 Å². The first-order valence-corrected chi connectivity index (χ1v) is 7.36. The van der Waals surface area contributed by atoms with E-state index in [1.165, 1.54) is 5.56 Å². The van der Waals surface area contributed by atoms with Gasteiger partial charge < -0.3 is 5.73 Å². The zero-order chi connectivity index (χ0) is 12.3. The Morgan fingerprint density at radius 1 is 1.47 bits per heavy atom. The highest BCUT2D eigenvalue weighted by molar-refractivity contribution is 7.09. The van der Waals surface area contributed by atoms with Crippen molar-refractivity contribution in [1.29, 1.82) is 0 Å². The van der Waals surface area contributed by atoms with E-state index in [9.17, 15) is 0 Å². The fourth-order valence-electron chi connectivity index (χ4n) is 1.88. The van der Waals surface area contributed by atoms with E-state index in [-0.39, 0.29) is 6.04 Å². The maximum atomic E-state index is 5.87. The van der Waals surface area contributed by atoms with Gasteiger partial charge in [-0.25, -0.2) is 4.98 Å². The van der Waals surface area contributed by atoms with Gasteiger partial charge in [0.1, 0.15) is 0 Å². The predicted molar refractivity (Wildman–Crippen MR) is 74.4 cm³/mol. The van der Waals surface area contributed by atoms with E-state index in [4.69, 9.17) is 5.73 Å². The van der Waals surface area contributed by atoms with Gasteiger partial charge in [0.25, 0.3) is 0 Å². The van der Waals surface area contributed by atoms with E-state index in [1.54, 1.807) is 22.7 Å². The molecule has 0 bridgehead atoms. The molecule has 2 heterocycles. The van der Waals surface area contributed by atoms with Gasteiger partial charge in [0.2, 0.25) is 0 Å². The van der Waals surface area contributed by atoms with E-state index in [1.807, 2.05) is 6.92 Å². The molecule has 0 fully saturated rings. The fourth-order valence-corrected chi connectivity index (χ4v) is 3.19. The number of aromatic nitrogens is 1. The fraction of sp³-hybridized carbons (Fsp3) is 0.417. The van der Waals surface area contributed by atoms with Crippen molar-refractivity contribution in [3.05, 3.63) is 38.5 Å². The summed E-state index contributed by atoms with van der Waals surface area (Å²) in [6.45, 7) is 3.52. The van der Waals surface area contributed by atoms with Crippen LogP contribution in [0.4, 0.5) is 0 Å². The van der Waals surface area contributed by atoms with Gasteiger partial charge >= 0.3 is 0 Å². The molecule has 0 aliphatic rings. The second kappa shape index (κ2) is 5.73. The number of hydrogen-bond donors (Lipinski definition) is 1. The van der Waals surface area contributed by atoms with Gasteiger partial charge in [-0.1, -0.05) is 0 Å². The number of nitrogens with zero attached hydrogens (tertiary/aromatic N) is 2. The Morgan fingerprint density at radius 3 is 2.82 bits per heavy atom. The molecule has 0 saturated heterocycles. The normalized spacial score (nSPS) is 13.2. The lowest BCUT2D eigenvalue weighted by atomic mass is 10.1. The number of likely N-dealkylation sites (N-methyl/N-ethyl adjacent to an activating group) is 1. The van der Waals surface area contributed by atoms with Crippen molar-refractivity contribution in [2.45, 2.75) is 19.5 Å². The molecule has 3 nitrogen and oxygen atoms in total. The van der Waals surface area contributed by atoms with Crippen LogP contribution in [0.1, 0.15) is 22.3 Å². The smallest absolute Gasteiger partial charge is 0.0897 e. The quantitative estimate of drug-likeness (QED) is 0.905. The van der Waals surface area contributed by atoms with Crippen LogP contribution >= 0.6 is 22.7 Å². The third kappa shape index (κ3) is 3.13. The third-order valence-electron chi connectivity index (χ3n) is 2.76. The highest BCUT2D eigenvalue weighted by Crippen LogP contribution is 2.22. The molecule has 1 atom stereocenters. The minimum Gasteiger partial charge on any atom is -0.329 e. The summed E-state index contributed by atoms with van der Waals surface area (Å²) in [5.41, 5.74) is 8.30. The molecule has 2 aromatic heterocycles. The summed E-state index contributed by atoms with van der Waals surface area (Å²) in [5.74, 6) is 0. The first-order chi connectivity index (χ1) is 8.20. The Balaban J connectivity index is 2.05. The summed E-state index contributed by atoms with van der Waals surface area (Å²) in [7, 11) is 2.10. The molecular formula is C12H17N3S2. The van der Waals surface area contributed by atoms with Crippen LogP contribution < -0.4 is 5.73 Å². The summed E-state index contributed by atoms with van der Waals surface area (Å²) >= 11 is 3.41. The molecule has 0 saturated carbocycles. The number of thiazole rings is 1. The first kappa shape index (κ1) is 12.7. The van der Waals surface area contributed by atoms with Crippen molar-refractivity contribution in [3.8, 4) is 0 Å². The molecule has 5 heteroatoms. The minimum atomic E-state index is 0.281. The van der Waals surface area contributed by atoms with Crippen molar-refractivity contribution >= 4 is 22.7 Å². The lowest BCUT2D eigenvalue weighted by Crippen LogP contribution is -2.29. The lowest BCUT2D eigenvalue weighted by molar-refractivity contribution is 0.240. The molecular weight excluding hydrogens is 250 g/mol. The Morgan fingerprint density at radius 2 is 2.29 bits per heavy atom. The third-order valence-corrected chi connectivity index (χ3v) is 4.29. The molecule has 0 radical (unpaired) electrons. The Hall–Kier alpha value is -0.750. The van der Waals surface area contributed by atoms with E-state index in [0.717, 1.165) is 17.2 Å². The Bertz CT molecular complexity index is 450. The summed E-state index contributed by atoms with van der Waals surface area (Å²) in [6.07, 6.45) is 0. The van der Waals surface area contributed by atoms with Gasteiger partial charge in [0, 0.05) is 24.5 Å². The highest BCUT2D eigenvalue weighted by atomic mass is 32.1. The Kier molecular flexibility index (Phi) is 4.28. The summed E-state index contributed by atoms with van der Waals surface area (Å²) < 4.78 is 0. The van der Waals surface area contributed by atoms with Crippen LogP contribution in [0.15, 0.2) is 22.2 Å². The highest BCUT2D eigenvalue weighted by Gasteiger charge is 2.16. The van der Waals surface area contributed by atoms with Crippen LogP contribution in [0.2, 0.25) is 0 Å². The van der Waals surface area contributed by atoms with Crippen LogP contribution in [0, 0.1) is 6.92 Å². The SMILES string of the molecule is Cc1nc(CN(C)C(CN)c2ccsc2)cs1. The van der Waals surface area contributed by atoms with E-state index >= 15 is 0 Å². The molecule has 0 aliphatic carbocycles. The van der Waals surface area contributed by atoms with Gasteiger partial charge in [-0.05, 0) is 36.4 Å². The molecule has 2 N–H and O–H groups in total. The molecule has 0 spiro atoms. The second-order valence-electron chi connectivity index (χ2n) is 4.08. The Labute approximate surface area is 110 Å². The van der Waals surface area contributed by atoms with Gasteiger partial charge in [0.15, 0.2) is 0 Å². The number of hydrogen-bond acceptors (Lipinski definition) is 5. The molecule has 0 aromatic carbocycles. The first-order valence-electron chi connectivity index (χ1n) is 5.54. The topological polar surface area (TPSA) is 42.2 Å². The molecule has 2 rings (SSSR count). The van der Waals surface area contributed by atoms with Gasteiger partial charge in [-0.3, -0.25) is 4.90 Å². The van der Waals surface area contributed by atoms with Crippen molar-refractivity contribution in [2.24, 2.45) is 5.73 Å². The number of thiophene rings is 1. The maximum absolute atomic E-state index is 5.87. The van der Waals surface area contributed by atoms with Crippen molar-refractivity contribution < 1.29 is 0 Å². The number of nitrogens with two attached hydrogens (primary N) is 1. The summed E-state index contributed by atoms with van der Waals surface area (Å²) in [6, 6.07) is 2.42. The number of rotatable bonds is 5. The monoisotopic (exact) mass is 267 g/mol. The van der Waals surface area contributed by atoms with Crippen LogP contribution in [0.25, 0.3) is 0 Å². The van der Waals surface area contributed by atoms with Crippen LogP contribution in [0.5, 0.6) is 0 Å². The lowest BCUT2D eigenvalue weighted by Gasteiger charge is -2.25. The molecule has 1 unspecified atom stereocenters. The predicted octanol–water partition coefficient (Wildman–Crippen LogP) is 2.64. The molecule has 0 amide bonds. The maximum Gasteiger partial charge on any atom is 0.0897 e. The van der Waals surface area contributed by atoms with Crippen molar-refractivity contribution in [3.63, 3.8) is 0 Å². The minimum absolute atomic E-state index is 0.281. The van der Waals surface area contributed by atoms with E-state index < -0.39 is 0 Å². The standard InChI is InChI=1S/C12H17N3S2/c1-9-14-11(8-17-9)6-15(2)12(5-13)10-3-4-16-7-10/h3-4,7-8,12H,5-6,13H2,1-2H3. The van der Waals surface area contributed by atoms with Crippen molar-refractivity contribution in [2.75, 3.05) is 13.6 Å². The largest absolute Gasteiger partial charge is 0.329 e. The van der Waals surface area contributed by atoms with E-state index in [2.05, 4.69) is 39.1 Å². The van der Waals surface area contributed by atoms with Crippen LogP contribution in [0.3, 0.4) is 0 Å². The summed E-state index contributed by atoms with van der Waals surface area (Å²) in [5, 5.41) is 7.50. The second-order valence-corrected chi connectivity index (χ2v) is 5.92. The molecule has 0 aliphatic heterocycles. The van der Waals surface area contributed by atoms with Crippen LogP contribution in [-0.2, 0) is 6.54 Å². The average Bonchev–Trinajstić information content (AvgIpc) is 2.92. The van der Waals surface area contributed by atoms with Gasteiger partial charge in [-0.2, -0.15) is 11.3 Å². The van der Waals surface area contributed by atoms with Crippen molar-refractivity contribution in [1.82, 2.24) is 9.88 Å². The zero-order valence-corrected chi connectivity index (χ0v) is 11.7. The van der Waals surface area contributed by atoms with Gasteiger partial charge in [0.05, 0.1) is 10.7 Å². The van der Waals surface area contributed by atoms with Crippen LogP contribution in [-0.4, -0.2) is 23.5 Å². The molecule has 2 aromatic rings. The molecule has 17 heavy (non-hydrogen) atoms. The van der Waals surface area contributed by atoms with E-state index in [0.29, 0.717) is 6.54 Å². The molecule has 92 valence electrons. The number of aryl methyl sites for hydroxylation is 1. The zero-order valence-electron chi connectivity index (χ0n) is 10.1. The average molecular weight is 267 g/mol. The summed E-state index contributed by atoms with van der Waals surface area (Å²) in [4.78, 5) is 6.75.